The fourth-order valence-electron chi connectivity index (χ4n) is 5.89. The number of nitrogens with one attached hydrogen (secondary N) is 2. The van der Waals surface area contributed by atoms with Crippen molar-refractivity contribution in [2.75, 3.05) is 7.11 Å². The molecule has 1 aromatic carbocycles. The monoisotopic (exact) mass is 426 g/mol. The smallest absolute Gasteiger partial charge is 0.228 e. The Kier molecular flexibility index (Phi) is 4.92. The predicted molar refractivity (Wildman–Crippen MR) is 114 cm³/mol. The minimum Gasteiger partial charge on any atom is -0.497 e. The molecule has 2 aliphatic heterocycles. The molecule has 3 N–H and O–H groups in total. The van der Waals surface area contributed by atoms with Gasteiger partial charge in [0.05, 0.1) is 36.2 Å². The van der Waals surface area contributed by atoms with Gasteiger partial charge in [0.25, 0.3) is 0 Å². The number of rotatable bonds is 6. The van der Waals surface area contributed by atoms with Crippen LogP contribution in [0.4, 0.5) is 0 Å². The van der Waals surface area contributed by atoms with E-state index >= 15 is 0 Å². The summed E-state index contributed by atoms with van der Waals surface area (Å²) in [7, 11) is 1.62. The van der Waals surface area contributed by atoms with Crippen molar-refractivity contribution in [3.8, 4) is 5.75 Å². The number of imidazole rings is 1. The van der Waals surface area contributed by atoms with E-state index in [4.69, 9.17) is 4.74 Å². The Morgan fingerprint density at radius 3 is 2.87 bits per heavy atom. The van der Waals surface area contributed by atoms with Gasteiger partial charge in [-0.3, -0.25) is 9.59 Å². The van der Waals surface area contributed by atoms with Gasteiger partial charge in [-0.1, -0.05) is 6.92 Å². The van der Waals surface area contributed by atoms with E-state index in [0.29, 0.717) is 31.6 Å². The van der Waals surface area contributed by atoms with E-state index in [-0.39, 0.29) is 35.9 Å². The number of carbonyl (C=O) groups excluding carboxylic acids is 2. The van der Waals surface area contributed by atoms with E-state index in [9.17, 15) is 14.7 Å². The summed E-state index contributed by atoms with van der Waals surface area (Å²) in [5.41, 5.74) is 1.15. The first kappa shape index (κ1) is 20.3. The van der Waals surface area contributed by atoms with E-state index in [1.54, 1.807) is 7.11 Å². The largest absolute Gasteiger partial charge is 0.497 e. The molecule has 2 saturated heterocycles. The lowest BCUT2D eigenvalue weighted by molar-refractivity contribution is -0.145. The zero-order chi connectivity index (χ0) is 21.8. The molecule has 3 atom stereocenters. The number of fused-ring (bicyclic) bond motifs is 3. The molecule has 2 bridgehead atoms. The summed E-state index contributed by atoms with van der Waals surface area (Å²) < 4.78 is 5.25. The topological polar surface area (TPSA) is 108 Å². The highest BCUT2D eigenvalue weighted by atomic mass is 16.5. The highest BCUT2D eigenvalue weighted by Crippen LogP contribution is 2.53. The first-order chi connectivity index (χ1) is 14.9. The molecule has 166 valence electrons. The van der Waals surface area contributed by atoms with Crippen molar-refractivity contribution in [2.45, 2.75) is 70.2 Å². The van der Waals surface area contributed by atoms with Crippen LogP contribution in [0.25, 0.3) is 11.0 Å². The Bertz CT molecular complexity index is 1010. The van der Waals surface area contributed by atoms with E-state index in [1.165, 1.54) is 0 Å². The van der Waals surface area contributed by atoms with Gasteiger partial charge in [0.15, 0.2) is 0 Å². The third-order valence-electron chi connectivity index (χ3n) is 7.69. The van der Waals surface area contributed by atoms with E-state index < -0.39 is 5.41 Å². The van der Waals surface area contributed by atoms with Gasteiger partial charge in [0, 0.05) is 24.1 Å². The van der Waals surface area contributed by atoms with E-state index in [1.807, 2.05) is 30.0 Å². The number of aliphatic hydroxyl groups excluding tert-OH is 1. The molecule has 8 nitrogen and oxygen atoms in total. The molecule has 1 aliphatic carbocycles. The second-order valence-corrected chi connectivity index (χ2v) is 9.28. The van der Waals surface area contributed by atoms with Crippen LogP contribution in [0.5, 0.6) is 5.75 Å². The van der Waals surface area contributed by atoms with Gasteiger partial charge in [0.2, 0.25) is 11.8 Å². The summed E-state index contributed by atoms with van der Waals surface area (Å²) in [5, 5.41) is 12.7. The molecule has 2 amide bonds. The Hall–Kier alpha value is -2.61. The van der Waals surface area contributed by atoms with Crippen molar-refractivity contribution in [1.82, 2.24) is 20.2 Å². The summed E-state index contributed by atoms with van der Waals surface area (Å²) >= 11 is 0. The van der Waals surface area contributed by atoms with Gasteiger partial charge in [0.1, 0.15) is 11.6 Å². The maximum atomic E-state index is 13.4. The fraction of sp³-hybridized carbons (Fsp3) is 0.609. The number of methoxy groups -OCH3 is 1. The van der Waals surface area contributed by atoms with Crippen molar-refractivity contribution in [2.24, 2.45) is 11.3 Å². The number of nitrogens with zero attached hydrogens (tertiary/aromatic N) is 2. The predicted octanol–water partition coefficient (Wildman–Crippen LogP) is 2.12. The van der Waals surface area contributed by atoms with Crippen LogP contribution in [-0.2, 0) is 16.1 Å². The minimum atomic E-state index is -0.545. The lowest BCUT2D eigenvalue weighted by Crippen LogP contribution is -2.51. The van der Waals surface area contributed by atoms with Crippen LogP contribution in [0.2, 0.25) is 0 Å². The molecule has 2 aromatic rings. The summed E-state index contributed by atoms with van der Waals surface area (Å²) in [6.45, 7) is 2.36. The third-order valence-corrected chi connectivity index (χ3v) is 7.69. The second kappa shape index (κ2) is 7.51. The van der Waals surface area contributed by atoms with Gasteiger partial charge in [-0.25, -0.2) is 4.98 Å². The number of aliphatic hydroxyl groups is 1. The molecule has 3 fully saturated rings. The van der Waals surface area contributed by atoms with E-state index in [2.05, 4.69) is 15.3 Å². The maximum Gasteiger partial charge on any atom is 0.228 e. The Balaban J connectivity index is 1.29. The van der Waals surface area contributed by atoms with Crippen LogP contribution in [0, 0.1) is 11.3 Å². The van der Waals surface area contributed by atoms with Gasteiger partial charge < -0.3 is 25.0 Å². The number of aromatic amines is 1. The fourth-order valence-corrected chi connectivity index (χ4v) is 5.89. The summed E-state index contributed by atoms with van der Waals surface area (Å²) in [4.78, 5) is 36.3. The first-order valence-electron chi connectivity index (χ1n) is 11.3. The summed E-state index contributed by atoms with van der Waals surface area (Å²) in [5.74, 6) is 1.50. The number of benzene rings is 1. The standard InChI is InChI=1S/C23H30N4O4/c1-3-23(11-14-4-7-19(23)27(14)21(29)13-8-15(28)9-13)22(30)24-12-20-25-17-6-5-16(31-2)10-18(17)26-20/h5-6,10,13-15,19,28H,3-4,7-9,11-12H2,1-2H3,(H,24,30)(H,25,26)/t13?,14-,15?,19+,23+/m1/s1. The molecule has 31 heavy (non-hydrogen) atoms. The van der Waals surface area contributed by atoms with Crippen LogP contribution in [0.1, 0.15) is 51.3 Å². The molecule has 0 spiro atoms. The zero-order valence-electron chi connectivity index (χ0n) is 18.1. The summed E-state index contributed by atoms with van der Waals surface area (Å²) in [6.07, 6.45) is 4.02. The highest BCUT2D eigenvalue weighted by molar-refractivity contribution is 5.88. The number of carbonyl (C=O) groups is 2. The lowest BCUT2D eigenvalue weighted by atomic mass is 9.71. The number of H-pyrrole nitrogens is 1. The van der Waals surface area contributed by atoms with Crippen LogP contribution in [-0.4, -0.2) is 57.1 Å². The van der Waals surface area contributed by atoms with Crippen molar-refractivity contribution in [3.63, 3.8) is 0 Å². The molecule has 8 heteroatoms. The van der Waals surface area contributed by atoms with Crippen molar-refractivity contribution in [1.29, 1.82) is 0 Å². The number of hydrogen-bond donors (Lipinski definition) is 3. The van der Waals surface area contributed by atoms with Crippen molar-refractivity contribution >= 4 is 22.8 Å². The lowest BCUT2D eigenvalue weighted by Gasteiger charge is -2.38. The van der Waals surface area contributed by atoms with Gasteiger partial charge >= 0.3 is 0 Å². The number of hydrogen-bond acceptors (Lipinski definition) is 5. The first-order valence-corrected chi connectivity index (χ1v) is 11.3. The maximum absolute atomic E-state index is 13.4. The summed E-state index contributed by atoms with van der Waals surface area (Å²) in [6, 6.07) is 5.73. The zero-order valence-corrected chi connectivity index (χ0v) is 18.1. The molecule has 5 rings (SSSR count). The van der Waals surface area contributed by atoms with Gasteiger partial charge in [-0.15, -0.1) is 0 Å². The molecule has 0 radical (unpaired) electrons. The second-order valence-electron chi connectivity index (χ2n) is 9.28. The Morgan fingerprint density at radius 1 is 1.35 bits per heavy atom. The van der Waals surface area contributed by atoms with E-state index in [0.717, 1.165) is 36.0 Å². The minimum absolute atomic E-state index is 0.00619. The van der Waals surface area contributed by atoms with Crippen LogP contribution >= 0.6 is 0 Å². The molecule has 1 saturated carbocycles. The average Bonchev–Trinajstić information content (AvgIpc) is 3.45. The quantitative estimate of drug-likeness (QED) is 0.656. The van der Waals surface area contributed by atoms with Gasteiger partial charge in [-0.05, 0) is 50.7 Å². The van der Waals surface area contributed by atoms with Crippen LogP contribution < -0.4 is 10.1 Å². The molecule has 1 aromatic heterocycles. The number of aromatic nitrogens is 2. The average molecular weight is 427 g/mol. The molecule has 3 heterocycles. The Labute approximate surface area is 181 Å². The number of amides is 2. The third kappa shape index (κ3) is 3.19. The van der Waals surface area contributed by atoms with Gasteiger partial charge in [-0.2, -0.15) is 0 Å². The Morgan fingerprint density at radius 2 is 2.16 bits per heavy atom. The molecule has 0 unspecified atom stereocenters. The molecular formula is C23H30N4O4. The molecule has 3 aliphatic rings. The SMILES string of the molecule is CC[C@]1(C(=O)NCc2nc3ccc(OC)cc3[nH]2)C[C@H]2CC[C@@H]1N2C(=O)C1CC(O)C1. The number of ether oxygens (including phenoxy) is 1. The van der Waals surface area contributed by atoms with Crippen molar-refractivity contribution in [3.05, 3.63) is 24.0 Å². The normalized spacial score (nSPS) is 31.6. The highest BCUT2D eigenvalue weighted by Gasteiger charge is 2.61. The van der Waals surface area contributed by atoms with Crippen LogP contribution in [0.15, 0.2) is 18.2 Å². The molecular weight excluding hydrogens is 396 g/mol. The van der Waals surface area contributed by atoms with Crippen molar-refractivity contribution < 1.29 is 19.4 Å². The van der Waals surface area contributed by atoms with Crippen LogP contribution in [0.3, 0.4) is 0 Å².